The van der Waals surface area contributed by atoms with E-state index >= 15 is 0 Å². The molecule has 20 heavy (non-hydrogen) atoms. The highest BCUT2D eigenvalue weighted by atomic mass is 16.1. The highest BCUT2D eigenvalue weighted by Crippen LogP contribution is 2.21. The molecule has 0 saturated heterocycles. The summed E-state index contributed by atoms with van der Waals surface area (Å²) in [7, 11) is 0. The molecule has 0 aliphatic rings. The number of nitrogens with zero attached hydrogens (tertiary/aromatic N) is 1. The molecule has 0 fully saturated rings. The highest BCUT2D eigenvalue weighted by Gasteiger charge is 2.06. The molecule has 2 rings (SSSR count). The minimum atomic E-state index is -0.287. The van der Waals surface area contributed by atoms with Gasteiger partial charge in [0.1, 0.15) is 0 Å². The van der Waals surface area contributed by atoms with Gasteiger partial charge in [-0.15, -0.1) is 0 Å². The van der Waals surface area contributed by atoms with Gasteiger partial charge < -0.3 is 5.73 Å². The Hall–Kier alpha value is -1.87. The molecule has 0 spiro atoms. The summed E-state index contributed by atoms with van der Waals surface area (Å²) < 4.78 is 0. The lowest BCUT2D eigenvalue weighted by molar-refractivity contribution is -0.117. The topological polar surface area (TPSA) is 46.3 Å². The Balaban J connectivity index is 2.33. The molecule has 0 unspecified atom stereocenters. The molecule has 0 radical (unpaired) electrons. The largest absolute Gasteiger partial charge is 0.369 e. The summed E-state index contributed by atoms with van der Waals surface area (Å²) in [6.45, 7) is 7.42. The SMILES string of the molecule is CCN(CC)Cc1ccc2c(CC(N)=O)cccc2c1. The lowest BCUT2D eigenvalue weighted by atomic mass is 10.00. The number of hydrogen-bond donors (Lipinski definition) is 1. The molecule has 0 heterocycles. The van der Waals surface area contributed by atoms with Gasteiger partial charge in [-0.2, -0.15) is 0 Å². The van der Waals surface area contributed by atoms with Crippen LogP contribution in [-0.4, -0.2) is 23.9 Å². The van der Waals surface area contributed by atoms with Gasteiger partial charge in [-0.05, 0) is 41.1 Å². The fourth-order valence-electron chi connectivity index (χ4n) is 2.55. The maximum atomic E-state index is 11.1. The van der Waals surface area contributed by atoms with E-state index in [9.17, 15) is 4.79 Å². The molecule has 3 nitrogen and oxygen atoms in total. The Morgan fingerprint density at radius 2 is 1.90 bits per heavy atom. The summed E-state index contributed by atoms with van der Waals surface area (Å²) in [5, 5.41) is 2.29. The van der Waals surface area contributed by atoms with Crippen molar-refractivity contribution in [1.29, 1.82) is 0 Å². The molecule has 2 aromatic rings. The molecule has 0 aliphatic carbocycles. The van der Waals surface area contributed by atoms with Crippen molar-refractivity contribution in [1.82, 2.24) is 4.90 Å². The smallest absolute Gasteiger partial charge is 0.221 e. The zero-order valence-corrected chi connectivity index (χ0v) is 12.2. The number of carbonyl (C=O) groups is 1. The predicted octanol–water partition coefficient (Wildman–Crippen LogP) is 2.71. The zero-order chi connectivity index (χ0) is 14.5. The molecule has 3 heteroatoms. The van der Waals surface area contributed by atoms with Crippen molar-refractivity contribution in [2.24, 2.45) is 5.73 Å². The van der Waals surface area contributed by atoms with Crippen LogP contribution in [0.5, 0.6) is 0 Å². The molecule has 0 saturated carbocycles. The third-order valence-corrected chi connectivity index (χ3v) is 3.70. The fraction of sp³-hybridized carbons (Fsp3) is 0.353. The molecule has 0 aromatic heterocycles. The molecule has 2 aromatic carbocycles. The number of hydrogen-bond acceptors (Lipinski definition) is 2. The van der Waals surface area contributed by atoms with E-state index in [0.29, 0.717) is 6.42 Å². The van der Waals surface area contributed by atoms with E-state index in [4.69, 9.17) is 5.73 Å². The summed E-state index contributed by atoms with van der Waals surface area (Å²) in [6.07, 6.45) is 0.298. The number of carbonyl (C=O) groups excluding carboxylic acids is 1. The third kappa shape index (κ3) is 3.36. The van der Waals surface area contributed by atoms with Gasteiger partial charge in [0.15, 0.2) is 0 Å². The molecule has 1 amide bonds. The maximum Gasteiger partial charge on any atom is 0.221 e. The van der Waals surface area contributed by atoms with Crippen LogP contribution in [0.15, 0.2) is 36.4 Å². The monoisotopic (exact) mass is 270 g/mol. The Morgan fingerprint density at radius 3 is 2.55 bits per heavy atom. The van der Waals surface area contributed by atoms with Crippen LogP contribution in [0.3, 0.4) is 0 Å². The Labute approximate surface area is 120 Å². The molecule has 106 valence electrons. The van der Waals surface area contributed by atoms with Gasteiger partial charge >= 0.3 is 0 Å². The number of primary amides is 1. The van der Waals surface area contributed by atoms with Crippen LogP contribution in [0.1, 0.15) is 25.0 Å². The molecule has 2 N–H and O–H groups in total. The van der Waals surface area contributed by atoms with Gasteiger partial charge in [-0.3, -0.25) is 9.69 Å². The van der Waals surface area contributed by atoms with Gasteiger partial charge in [0.2, 0.25) is 5.91 Å². The van der Waals surface area contributed by atoms with Crippen LogP contribution in [0, 0.1) is 0 Å². The lowest BCUT2D eigenvalue weighted by Crippen LogP contribution is -2.22. The van der Waals surface area contributed by atoms with Crippen LogP contribution in [0.2, 0.25) is 0 Å². The van der Waals surface area contributed by atoms with E-state index in [1.807, 2.05) is 12.1 Å². The molecule has 0 aliphatic heterocycles. The first-order valence-corrected chi connectivity index (χ1v) is 7.15. The van der Waals surface area contributed by atoms with Crippen LogP contribution in [0.4, 0.5) is 0 Å². The van der Waals surface area contributed by atoms with Crippen molar-refractivity contribution in [2.75, 3.05) is 13.1 Å². The summed E-state index contributed by atoms with van der Waals surface area (Å²) in [4.78, 5) is 13.5. The molecular weight excluding hydrogens is 248 g/mol. The van der Waals surface area contributed by atoms with Crippen LogP contribution >= 0.6 is 0 Å². The number of nitrogens with two attached hydrogens (primary N) is 1. The second-order valence-electron chi connectivity index (χ2n) is 5.08. The van der Waals surface area contributed by atoms with E-state index in [2.05, 4.69) is 43.0 Å². The van der Waals surface area contributed by atoms with E-state index < -0.39 is 0 Å². The normalized spacial score (nSPS) is 11.2. The molecule has 0 atom stereocenters. The van der Waals surface area contributed by atoms with Crippen molar-refractivity contribution in [2.45, 2.75) is 26.8 Å². The number of rotatable bonds is 6. The van der Waals surface area contributed by atoms with Gasteiger partial charge in [0.05, 0.1) is 6.42 Å². The van der Waals surface area contributed by atoms with Gasteiger partial charge in [0, 0.05) is 6.54 Å². The minimum absolute atomic E-state index is 0.287. The molecule has 0 bridgehead atoms. The summed E-state index contributed by atoms with van der Waals surface area (Å²) in [5.41, 5.74) is 7.61. The van der Waals surface area contributed by atoms with Crippen LogP contribution in [-0.2, 0) is 17.8 Å². The van der Waals surface area contributed by atoms with Crippen molar-refractivity contribution < 1.29 is 4.79 Å². The summed E-state index contributed by atoms with van der Waals surface area (Å²) in [5.74, 6) is -0.287. The van der Waals surface area contributed by atoms with Gasteiger partial charge in [0.25, 0.3) is 0 Å². The quantitative estimate of drug-likeness (QED) is 0.877. The summed E-state index contributed by atoms with van der Waals surface area (Å²) >= 11 is 0. The van der Waals surface area contributed by atoms with Crippen LogP contribution < -0.4 is 5.73 Å². The zero-order valence-electron chi connectivity index (χ0n) is 12.2. The second kappa shape index (κ2) is 6.53. The van der Waals surface area contributed by atoms with E-state index in [0.717, 1.165) is 30.6 Å². The van der Waals surface area contributed by atoms with Gasteiger partial charge in [-0.1, -0.05) is 44.2 Å². The van der Waals surface area contributed by atoms with Crippen molar-refractivity contribution in [3.63, 3.8) is 0 Å². The summed E-state index contributed by atoms with van der Waals surface area (Å²) in [6, 6.07) is 12.5. The predicted molar refractivity (Wildman–Crippen MR) is 83.5 cm³/mol. The number of amides is 1. The highest BCUT2D eigenvalue weighted by molar-refractivity contribution is 5.90. The average molecular weight is 270 g/mol. The average Bonchev–Trinajstić information content (AvgIpc) is 2.44. The minimum Gasteiger partial charge on any atom is -0.369 e. The first-order valence-electron chi connectivity index (χ1n) is 7.15. The number of benzene rings is 2. The van der Waals surface area contributed by atoms with E-state index in [1.165, 1.54) is 10.9 Å². The van der Waals surface area contributed by atoms with Crippen molar-refractivity contribution in [3.05, 3.63) is 47.5 Å². The Kier molecular flexibility index (Phi) is 4.74. The fourth-order valence-corrected chi connectivity index (χ4v) is 2.55. The third-order valence-electron chi connectivity index (χ3n) is 3.70. The lowest BCUT2D eigenvalue weighted by Gasteiger charge is -2.18. The Bertz CT molecular complexity index is 603. The second-order valence-corrected chi connectivity index (χ2v) is 5.08. The van der Waals surface area contributed by atoms with E-state index in [1.54, 1.807) is 0 Å². The number of fused-ring (bicyclic) bond motifs is 1. The van der Waals surface area contributed by atoms with Crippen molar-refractivity contribution >= 4 is 16.7 Å². The van der Waals surface area contributed by atoms with E-state index in [-0.39, 0.29) is 5.91 Å². The maximum absolute atomic E-state index is 11.1. The molecular formula is C17H22N2O. The van der Waals surface area contributed by atoms with Crippen molar-refractivity contribution in [3.8, 4) is 0 Å². The van der Waals surface area contributed by atoms with Crippen LogP contribution in [0.25, 0.3) is 10.8 Å². The Morgan fingerprint density at radius 1 is 1.15 bits per heavy atom. The first kappa shape index (κ1) is 14.5. The standard InChI is InChI=1S/C17H22N2O/c1-3-19(4-2)12-13-8-9-16-14(10-13)6-5-7-15(16)11-17(18)20/h5-10H,3-4,11-12H2,1-2H3,(H2,18,20). The first-order chi connectivity index (χ1) is 9.63. The van der Waals surface area contributed by atoms with Gasteiger partial charge in [-0.25, -0.2) is 0 Å².